The Morgan fingerprint density at radius 3 is 2.94 bits per heavy atom. The zero-order chi connectivity index (χ0) is 12.3. The predicted molar refractivity (Wildman–Crippen MR) is 64.5 cm³/mol. The monoisotopic (exact) mass is 297 g/mol. The molecule has 2 N–H and O–H groups in total. The summed E-state index contributed by atoms with van der Waals surface area (Å²) < 4.78 is 0.540. The Kier molecular flexibility index (Phi) is 3.33. The van der Waals surface area contributed by atoms with Crippen LogP contribution >= 0.6 is 15.9 Å². The summed E-state index contributed by atoms with van der Waals surface area (Å²) in [6, 6.07) is 1.40. The van der Waals surface area contributed by atoms with Crippen LogP contribution in [0.3, 0.4) is 0 Å². The van der Waals surface area contributed by atoms with E-state index in [1.165, 1.54) is 12.3 Å². The van der Waals surface area contributed by atoms with E-state index in [1.54, 1.807) is 12.4 Å². The summed E-state index contributed by atoms with van der Waals surface area (Å²) in [5.41, 5.74) is -0.0552. The number of nitro groups is 1. The van der Waals surface area contributed by atoms with Gasteiger partial charge in [0.15, 0.2) is 0 Å². The zero-order valence-electron chi connectivity index (χ0n) is 8.55. The maximum atomic E-state index is 10.5. The standard InChI is InChI=1S/C9H8BrN5O2/c10-7-3-6(15(16)17)4-13-9(7)14-5-8-11-1-2-12-8/h1-4H,5H2,(H,11,12)(H,13,14). The first-order chi connectivity index (χ1) is 8.16. The molecule has 0 aliphatic carbocycles. The fraction of sp³-hybridized carbons (Fsp3) is 0.111. The topological polar surface area (TPSA) is 96.7 Å². The molecule has 0 atom stereocenters. The van der Waals surface area contributed by atoms with Gasteiger partial charge in [0, 0.05) is 18.5 Å². The van der Waals surface area contributed by atoms with Crippen LogP contribution in [-0.4, -0.2) is 19.9 Å². The highest BCUT2D eigenvalue weighted by Crippen LogP contribution is 2.24. The van der Waals surface area contributed by atoms with Crippen LogP contribution < -0.4 is 5.32 Å². The third-order valence-corrected chi connectivity index (χ3v) is 2.62. The van der Waals surface area contributed by atoms with E-state index in [9.17, 15) is 10.1 Å². The first-order valence-electron chi connectivity index (χ1n) is 4.69. The summed E-state index contributed by atoms with van der Waals surface area (Å²) >= 11 is 3.22. The first kappa shape index (κ1) is 11.5. The van der Waals surface area contributed by atoms with Gasteiger partial charge in [-0.1, -0.05) is 0 Å². The number of halogens is 1. The molecule has 0 radical (unpaired) electrons. The van der Waals surface area contributed by atoms with Gasteiger partial charge in [-0.15, -0.1) is 0 Å². The van der Waals surface area contributed by atoms with Gasteiger partial charge in [0.2, 0.25) is 0 Å². The molecule has 2 rings (SSSR count). The summed E-state index contributed by atoms with van der Waals surface area (Å²) in [4.78, 5) is 21.0. The molecule has 2 aromatic heterocycles. The Bertz CT molecular complexity index is 528. The van der Waals surface area contributed by atoms with Gasteiger partial charge in [0.05, 0.1) is 15.9 Å². The van der Waals surface area contributed by atoms with Crippen molar-refractivity contribution >= 4 is 27.4 Å². The van der Waals surface area contributed by atoms with E-state index >= 15 is 0 Å². The van der Waals surface area contributed by atoms with Gasteiger partial charge in [-0.3, -0.25) is 10.1 Å². The molecule has 0 unspecified atom stereocenters. The molecule has 0 amide bonds. The van der Waals surface area contributed by atoms with E-state index in [0.29, 0.717) is 16.8 Å². The van der Waals surface area contributed by atoms with Gasteiger partial charge in [-0.05, 0) is 15.9 Å². The zero-order valence-corrected chi connectivity index (χ0v) is 10.1. The predicted octanol–water partition coefficient (Wildman–Crippen LogP) is 2.09. The minimum Gasteiger partial charge on any atom is -0.362 e. The molecule has 2 aromatic rings. The van der Waals surface area contributed by atoms with E-state index in [2.05, 4.69) is 36.2 Å². The van der Waals surface area contributed by atoms with Crippen LogP contribution in [0.25, 0.3) is 0 Å². The molecular weight excluding hydrogens is 290 g/mol. The van der Waals surface area contributed by atoms with Crippen LogP contribution in [0.4, 0.5) is 11.5 Å². The highest BCUT2D eigenvalue weighted by atomic mass is 79.9. The molecule has 0 spiro atoms. The number of aromatic amines is 1. The van der Waals surface area contributed by atoms with Gasteiger partial charge in [-0.2, -0.15) is 0 Å². The Balaban J connectivity index is 2.09. The van der Waals surface area contributed by atoms with E-state index in [0.717, 1.165) is 5.82 Å². The third kappa shape index (κ3) is 2.78. The molecule has 0 saturated carbocycles. The van der Waals surface area contributed by atoms with Gasteiger partial charge < -0.3 is 10.3 Å². The van der Waals surface area contributed by atoms with Gasteiger partial charge >= 0.3 is 0 Å². The molecule has 0 saturated heterocycles. The average Bonchev–Trinajstić information content (AvgIpc) is 2.80. The number of hydrogen-bond acceptors (Lipinski definition) is 5. The normalized spacial score (nSPS) is 10.2. The lowest BCUT2D eigenvalue weighted by Crippen LogP contribution is -2.04. The molecule has 0 aliphatic heterocycles. The molecule has 17 heavy (non-hydrogen) atoms. The second-order valence-electron chi connectivity index (χ2n) is 3.17. The summed E-state index contributed by atoms with van der Waals surface area (Å²) in [6.45, 7) is 0.469. The molecule has 0 bridgehead atoms. The molecule has 0 fully saturated rings. The number of aromatic nitrogens is 3. The van der Waals surface area contributed by atoms with Crippen LogP contribution in [0.5, 0.6) is 0 Å². The van der Waals surface area contributed by atoms with Crippen molar-refractivity contribution in [1.82, 2.24) is 15.0 Å². The molecule has 2 heterocycles. The second kappa shape index (κ2) is 4.91. The minimum absolute atomic E-state index is 0.0552. The van der Waals surface area contributed by atoms with Crippen LogP contribution in [-0.2, 0) is 6.54 Å². The van der Waals surface area contributed by atoms with Crippen molar-refractivity contribution in [2.45, 2.75) is 6.54 Å². The fourth-order valence-corrected chi connectivity index (χ4v) is 1.70. The Morgan fingerprint density at radius 1 is 1.53 bits per heavy atom. The fourth-order valence-electron chi connectivity index (χ4n) is 1.22. The van der Waals surface area contributed by atoms with Crippen molar-refractivity contribution in [3.63, 3.8) is 0 Å². The maximum Gasteiger partial charge on any atom is 0.288 e. The molecule has 7 nitrogen and oxygen atoms in total. The number of anilines is 1. The van der Waals surface area contributed by atoms with Crippen molar-refractivity contribution in [3.8, 4) is 0 Å². The van der Waals surface area contributed by atoms with Gasteiger partial charge in [0.1, 0.15) is 17.8 Å². The van der Waals surface area contributed by atoms with Crippen molar-refractivity contribution in [1.29, 1.82) is 0 Å². The molecule has 0 aliphatic rings. The highest BCUT2D eigenvalue weighted by molar-refractivity contribution is 9.10. The van der Waals surface area contributed by atoms with Crippen molar-refractivity contribution in [2.24, 2.45) is 0 Å². The lowest BCUT2D eigenvalue weighted by Gasteiger charge is -2.05. The number of hydrogen-bond donors (Lipinski definition) is 2. The molecule has 8 heteroatoms. The SMILES string of the molecule is O=[N+]([O-])c1cnc(NCc2ncc[nH]2)c(Br)c1. The molecule has 0 aromatic carbocycles. The quantitative estimate of drug-likeness (QED) is 0.665. The number of rotatable bonds is 4. The van der Waals surface area contributed by atoms with Crippen molar-refractivity contribution < 1.29 is 4.92 Å². The van der Waals surface area contributed by atoms with Crippen LogP contribution in [0.2, 0.25) is 0 Å². The summed E-state index contributed by atoms with van der Waals surface area (Å²) in [7, 11) is 0. The van der Waals surface area contributed by atoms with Crippen molar-refractivity contribution in [3.05, 3.63) is 45.1 Å². The van der Waals surface area contributed by atoms with E-state index in [1.807, 2.05) is 0 Å². The molecular formula is C9H8BrN5O2. The largest absolute Gasteiger partial charge is 0.362 e. The van der Waals surface area contributed by atoms with Gasteiger partial charge in [-0.25, -0.2) is 9.97 Å². The number of nitrogens with zero attached hydrogens (tertiary/aromatic N) is 3. The van der Waals surface area contributed by atoms with Gasteiger partial charge in [0.25, 0.3) is 5.69 Å². The maximum absolute atomic E-state index is 10.5. The number of H-pyrrole nitrogens is 1. The minimum atomic E-state index is -0.492. The van der Waals surface area contributed by atoms with E-state index in [-0.39, 0.29) is 5.69 Å². The van der Waals surface area contributed by atoms with Crippen molar-refractivity contribution in [2.75, 3.05) is 5.32 Å². The van der Waals surface area contributed by atoms with E-state index < -0.39 is 4.92 Å². The molecule has 88 valence electrons. The number of pyridine rings is 1. The Hall–Kier alpha value is -1.96. The van der Waals surface area contributed by atoms with Crippen LogP contribution in [0, 0.1) is 10.1 Å². The lowest BCUT2D eigenvalue weighted by atomic mass is 10.4. The highest BCUT2D eigenvalue weighted by Gasteiger charge is 2.10. The number of imidazole rings is 1. The summed E-state index contributed by atoms with van der Waals surface area (Å²) in [5, 5.41) is 13.5. The summed E-state index contributed by atoms with van der Waals surface area (Å²) in [5.74, 6) is 1.30. The third-order valence-electron chi connectivity index (χ3n) is 2.02. The van der Waals surface area contributed by atoms with Crippen LogP contribution in [0.15, 0.2) is 29.1 Å². The Labute approximate surface area is 105 Å². The lowest BCUT2D eigenvalue weighted by molar-refractivity contribution is -0.385. The number of nitrogens with one attached hydrogen (secondary N) is 2. The average molecular weight is 298 g/mol. The smallest absolute Gasteiger partial charge is 0.288 e. The Morgan fingerprint density at radius 2 is 2.35 bits per heavy atom. The summed E-state index contributed by atoms with van der Waals surface area (Å²) in [6.07, 6.45) is 4.57. The second-order valence-corrected chi connectivity index (χ2v) is 4.02. The van der Waals surface area contributed by atoms with E-state index in [4.69, 9.17) is 0 Å². The first-order valence-corrected chi connectivity index (χ1v) is 5.48. The van der Waals surface area contributed by atoms with Crippen LogP contribution in [0.1, 0.15) is 5.82 Å².